The Morgan fingerprint density at radius 2 is 1.80 bits per heavy atom. The zero-order valence-electron chi connectivity index (χ0n) is 25.1. The third-order valence-electron chi connectivity index (χ3n) is 8.15. The number of carbonyl (C=O) groups is 2. The van der Waals surface area contributed by atoms with Gasteiger partial charge in [0.1, 0.15) is 0 Å². The molecule has 3 heterocycles. The Morgan fingerprint density at radius 3 is 2.45 bits per heavy atom. The average Bonchev–Trinajstić information content (AvgIpc) is 2.97. The number of amides is 2. The first-order valence-corrected chi connectivity index (χ1v) is 17.3. The van der Waals surface area contributed by atoms with Crippen molar-refractivity contribution in [3.8, 4) is 0 Å². The number of nitrogens with two attached hydrogens (primary N) is 2. The summed E-state index contributed by atoms with van der Waals surface area (Å²) in [7, 11) is -3.30. The minimum absolute atomic E-state index is 0.0221. The lowest BCUT2D eigenvalue weighted by atomic mass is 9.97. The maximum atomic E-state index is 12.6. The van der Waals surface area contributed by atoms with Gasteiger partial charge in [-0.15, -0.1) is 0 Å². The second-order valence-corrected chi connectivity index (χ2v) is 13.9. The van der Waals surface area contributed by atoms with E-state index in [0.717, 1.165) is 62.8 Å². The number of likely N-dealkylation sites (tertiary alicyclic amines) is 1. The van der Waals surface area contributed by atoms with Crippen LogP contribution in [0.2, 0.25) is 10.2 Å². The lowest BCUT2D eigenvalue weighted by Crippen LogP contribution is -2.58. The summed E-state index contributed by atoms with van der Waals surface area (Å²) in [6.45, 7) is 7.36. The fourth-order valence-electron chi connectivity index (χ4n) is 5.94. The van der Waals surface area contributed by atoms with E-state index in [4.69, 9.17) is 34.7 Å². The number of carbonyl (C=O) groups excluding carboxylic acids is 2. The lowest BCUT2D eigenvalue weighted by molar-refractivity contribution is -0.120. The molecule has 4 rings (SSSR count). The molecule has 1 aromatic carbocycles. The summed E-state index contributed by atoms with van der Waals surface area (Å²) >= 11 is 12.6. The summed E-state index contributed by atoms with van der Waals surface area (Å²) in [5, 5.41) is 3.45. The third kappa shape index (κ3) is 9.14. The SMILES string of the molecule is CC[C@H]1CN(c2nc(N)c(C(N)=O)nc2Cl)CCN1C1CCN(Cc2ccc(Cl)cc2CC(=O)NCCNS(C)(=O)=O)CC1. The van der Waals surface area contributed by atoms with Crippen LogP contribution in [-0.4, -0.2) is 104 Å². The standard InChI is InChI=1S/C28H41Cl2N9O4S/c1-3-21-17-38(28-25(30)35-24(27(32)41)26(31)36-28)12-13-39(21)22-6-10-37(11-7-22)16-18-4-5-20(29)14-19(18)15-23(40)33-8-9-34-44(2,42)43/h4-5,14,21-22,34H,3,6-13,15-17H2,1-2H3,(H2,31,36)(H2,32,41)(H,33,40)/t21-/m0/s1. The first-order chi connectivity index (χ1) is 20.8. The van der Waals surface area contributed by atoms with Gasteiger partial charge in [-0.2, -0.15) is 0 Å². The number of halogens is 2. The van der Waals surface area contributed by atoms with Crippen molar-refractivity contribution in [3.05, 3.63) is 45.2 Å². The van der Waals surface area contributed by atoms with Crippen molar-refractivity contribution in [1.82, 2.24) is 29.8 Å². The molecule has 242 valence electrons. The highest BCUT2D eigenvalue weighted by atomic mass is 35.5. The van der Waals surface area contributed by atoms with Crippen LogP contribution in [0.1, 0.15) is 47.8 Å². The largest absolute Gasteiger partial charge is 0.382 e. The molecule has 2 amide bonds. The number of hydrogen-bond donors (Lipinski definition) is 4. The summed E-state index contributed by atoms with van der Waals surface area (Å²) in [5.74, 6) is -0.502. The number of anilines is 2. The maximum absolute atomic E-state index is 12.6. The number of piperidine rings is 1. The number of nitrogens with one attached hydrogen (secondary N) is 2. The van der Waals surface area contributed by atoms with E-state index < -0.39 is 15.9 Å². The molecule has 2 fully saturated rings. The molecule has 2 aliphatic rings. The number of aromatic nitrogens is 2. The van der Waals surface area contributed by atoms with Crippen LogP contribution in [0.25, 0.3) is 0 Å². The smallest absolute Gasteiger partial charge is 0.271 e. The lowest BCUT2D eigenvalue weighted by Gasteiger charge is -2.47. The highest BCUT2D eigenvalue weighted by Gasteiger charge is 2.34. The first kappa shape index (κ1) is 34.1. The zero-order valence-corrected chi connectivity index (χ0v) is 27.4. The van der Waals surface area contributed by atoms with Crippen molar-refractivity contribution in [2.45, 2.75) is 51.2 Å². The van der Waals surface area contributed by atoms with Crippen molar-refractivity contribution in [3.63, 3.8) is 0 Å². The van der Waals surface area contributed by atoms with Crippen molar-refractivity contribution in [2.24, 2.45) is 5.73 Å². The second kappa shape index (κ2) is 15.0. The molecule has 1 atom stereocenters. The molecule has 0 aliphatic carbocycles. The van der Waals surface area contributed by atoms with Gasteiger partial charge >= 0.3 is 0 Å². The highest BCUT2D eigenvalue weighted by molar-refractivity contribution is 7.88. The van der Waals surface area contributed by atoms with E-state index in [1.807, 2.05) is 18.2 Å². The Hall–Kier alpha value is -2.75. The van der Waals surface area contributed by atoms with Crippen molar-refractivity contribution in [2.75, 3.05) is 62.7 Å². The quantitative estimate of drug-likeness (QED) is 0.240. The fourth-order valence-corrected chi connectivity index (χ4v) is 6.86. The van der Waals surface area contributed by atoms with Gasteiger partial charge in [0, 0.05) is 56.4 Å². The number of nitrogens with zero attached hydrogens (tertiary/aromatic N) is 5. The minimum atomic E-state index is -3.30. The molecule has 2 aliphatic heterocycles. The molecule has 1 aromatic heterocycles. The average molecular weight is 671 g/mol. The number of piperazine rings is 1. The molecular weight excluding hydrogens is 629 g/mol. The van der Waals surface area contributed by atoms with Gasteiger partial charge in [0.2, 0.25) is 15.9 Å². The predicted molar refractivity (Wildman–Crippen MR) is 172 cm³/mol. The summed E-state index contributed by atoms with van der Waals surface area (Å²) in [5.41, 5.74) is 13.1. The molecule has 2 aromatic rings. The minimum Gasteiger partial charge on any atom is -0.382 e. The molecule has 0 spiro atoms. The van der Waals surface area contributed by atoms with E-state index in [2.05, 4.69) is 41.6 Å². The van der Waals surface area contributed by atoms with Gasteiger partial charge in [-0.25, -0.2) is 23.1 Å². The summed E-state index contributed by atoms with van der Waals surface area (Å²) in [6, 6.07) is 6.39. The van der Waals surface area contributed by atoms with Crippen molar-refractivity contribution in [1.29, 1.82) is 0 Å². The summed E-state index contributed by atoms with van der Waals surface area (Å²) < 4.78 is 24.8. The van der Waals surface area contributed by atoms with E-state index >= 15 is 0 Å². The molecule has 0 radical (unpaired) electrons. The normalized spacial score (nSPS) is 18.8. The Kier molecular flexibility index (Phi) is 11.7. The summed E-state index contributed by atoms with van der Waals surface area (Å²) in [4.78, 5) is 39.7. The van der Waals surface area contributed by atoms with Gasteiger partial charge in [0.25, 0.3) is 5.91 Å². The second-order valence-electron chi connectivity index (χ2n) is 11.3. The number of sulfonamides is 1. The molecule has 0 saturated carbocycles. The highest BCUT2D eigenvalue weighted by Crippen LogP contribution is 2.30. The monoisotopic (exact) mass is 669 g/mol. The van der Waals surface area contributed by atoms with E-state index in [-0.39, 0.29) is 42.1 Å². The van der Waals surface area contributed by atoms with Gasteiger partial charge in [-0.3, -0.25) is 19.4 Å². The van der Waals surface area contributed by atoms with Crippen LogP contribution in [0.15, 0.2) is 18.2 Å². The number of hydrogen-bond acceptors (Lipinski definition) is 10. The molecule has 0 unspecified atom stereocenters. The van der Waals surface area contributed by atoms with Crippen LogP contribution in [0, 0.1) is 0 Å². The molecular formula is C28H41Cl2N9O4S. The number of rotatable bonds is 12. The van der Waals surface area contributed by atoms with Crippen LogP contribution < -0.4 is 26.4 Å². The molecule has 13 nitrogen and oxygen atoms in total. The third-order valence-corrected chi connectivity index (χ3v) is 9.36. The topological polar surface area (TPSA) is 180 Å². The van der Waals surface area contributed by atoms with Gasteiger partial charge in [0.05, 0.1) is 12.7 Å². The maximum Gasteiger partial charge on any atom is 0.271 e. The van der Waals surface area contributed by atoms with Crippen LogP contribution in [0.3, 0.4) is 0 Å². The molecule has 0 bridgehead atoms. The van der Waals surface area contributed by atoms with Crippen LogP contribution in [-0.2, 0) is 27.8 Å². The van der Waals surface area contributed by atoms with Gasteiger partial charge in [-0.1, -0.05) is 36.2 Å². The zero-order chi connectivity index (χ0) is 32.0. The Morgan fingerprint density at radius 1 is 1.07 bits per heavy atom. The van der Waals surface area contributed by atoms with Crippen molar-refractivity contribution >= 4 is 56.7 Å². The Balaban J connectivity index is 1.31. The molecule has 16 heteroatoms. The molecule has 44 heavy (non-hydrogen) atoms. The van der Waals surface area contributed by atoms with Crippen LogP contribution in [0.5, 0.6) is 0 Å². The van der Waals surface area contributed by atoms with E-state index in [9.17, 15) is 18.0 Å². The van der Waals surface area contributed by atoms with Crippen LogP contribution >= 0.6 is 23.2 Å². The van der Waals surface area contributed by atoms with E-state index in [1.54, 1.807) is 0 Å². The Labute approximate surface area is 268 Å². The number of benzene rings is 1. The van der Waals surface area contributed by atoms with E-state index in [0.29, 0.717) is 36.0 Å². The molecule has 2 saturated heterocycles. The van der Waals surface area contributed by atoms with Crippen molar-refractivity contribution < 1.29 is 18.0 Å². The van der Waals surface area contributed by atoms with Gasteiger partial charge in [0.15, 0.2) is 22.5 Å². The van der Waals surface area contributed by atoms with Gasteiger partial charge < -0.3 is 21.7 Å². The number of primary amides is 1. The fraction of sp³-hybridized carbons (Fsp3) is 0.571. The summed E-state index contributed by atoms with van der Waals surface area (Å²) in [6.07, 6.45) is 4.25. The van der Waals surface area contributed by atoms with Crippen LogP contribution in [0.4, 0.5) is 11.6 Å². The Bertz CT molecular complexity index is 1450. The predicted octanol–water partition coefficient (Wildman–Crippen LogP) is 1.24. The first-order valence-electron chi connectivity index (χ1n) is 14.7. The number of nitrogen functional groups attached to an aromatic ring is 1. The van der Waals surface area contributed by atoms with Gasteiger partial charge in [-0.05, 0) is 55.6 Å². The molecule has 6 N–H and O–H groups in total. The van der Waals surface area contributed by atoms with E-state index in [1.165, 1.54) is 0 Å².